The molecular weight excluding hydrogens is 215 g/mol. The van der Waals surface area contributed by atoms with Crippen LogP contribution in [0.25, 0.3) is 0 Å². The molecule has 0 unspecified atom stereocenters. The first-order valence-corrected chi connectivity index (χ1v) is 0. The molecular formula is BCrFeMo. The van der Waals surface area contributed by atoms with Gasteiger partial charge in [-0.05, 0) is 0 Å². The van der Waals surface area contributed by atoms with Crippen molar-refractivity contribution in [2.24, 2.45) is 0 Å². The molecule has 4 heteroatoms. The third-order valence-corrected chi connectivity index (χ3v) is 0. The molecule has 0 rings (SSSR count). The second-order valence-electron chi connectivity index (χ2n) is 0. The standard InChI is InChI=1S/B.Cr.Fe.Mo. The first-order chi connectivity index (χ1) is 0. The summed E-state index contributed by atoms with van der Waals surface area (Å²) in [5.74, 6) is 0. The monoisotopic (exact) mass is 217 g/mol. The maximum atomic E-state index is 0. The van der Waals surface area contributed by atoms with E-state index in [0.29, 0.717) is 0 Å². The first-order valence-electron chi connectivity index (χ1n) is 0. The molecule has 4 heavy (non-hydrogen) atoms. The largest absolute Gasteiger partial charge is 0 e. The molecule has 0 atom stereocenters. The summed E-state index contributed by atoms with van der Waals surface area (Å²) in [5.41, 5.74) is 0. The smallest absolute Gasteiger partial charge is 0 e. The van der Waals surface area contributed by atoms with Crippen molar-refractivity contribution >= 4 is 8.41 Å². The van der Waals surface area contributed by atoms with Gasteiger partial charge in [-0.3, -0.25) is 0 Å². The molecule has 0 aromatic rings. The summed E-state index contributed by atoms with van der Waals surface area (Å²) >= 11 is 0. The van der Waals surface area contributed by atoms with Crippen molar-refractivity contribution in [2.45, 2.75) is 0 Å². The Balaban J connectivity index is 0. The minimum Gasteiger partial charge on any atom is 0 e. The van der Waals surface area contributed by atoms with E-state index in [4.69, 9.17) is 0 Å². The third-order valence-electron chi connectivity index (χ3n) is 0. The summed E-state index contributed by atoms with van der Waals surface area (Å²) in [6, 6.07) is 0. The van der Waals surface area contributed by atoms with Crippen molar-refractivity contribution in [3.05, 3.63) is 0 Å². The molecule has 0 spiro atoms. The Morgan fingerprint density at radius 2 is 1.00 bits per heavy atom. The zero-order valence-corrected chi connectivity index (χ0v) is 6.13. The van der Waals surface area contributed by atoms with Gasteiger partial charge in [0, 0.05) is 63.9 Å². The van der Waals surface area contributed by atoms with E-state index in [1.54, 1.807) is 0 Å². The van der Waals surface area contributed by atoms with Gasteiger partial charge in [-0.2, -0.15) is 0 Å². The molecule has 0 heterocycles. The number of hydrogen-bond acceptors (Lipinski definition) is 0. The van der Waals surface area contributed by atoms with Gasteiger partial charge in [-0.1, -0.05) is 0 Å². The second kappa shape index (κ2) is 21.4. The summed E-state index contributed by atoms with van der Waals surface area (Å²) in [7, 11) is 0. The summed E-state index contributed by atoms with van der Waals surface area (Å²) < 4.78 is 0. The van der Waals surface area contributed by atoms with Crippen molar-refractivity contribution < 1.29 is 55.5 Å². The van der Waals surface area contributed by atoms with E-state index in [1.807, 2.05) is 0 Å². The van der Waals surface area contributed by atoms with Gasteiger partial charge < -0.3 is 0 Å². The molecule has 0 bridgehead atoms. The molecule has 0 saturated heterocycles. The number of rotatable bonds is 0. The maximum Gasteiger partial charge on any atom is 0 e. The fourth-order valence-electron chi connectivity index (χ4n) is 0. The van der Waals surface area contributed by atoms with Crippen LogP contribution in [0.2, 0.25) is 0 Å². The van der Waals surface area contributed by atoms with E-state index < -0.39 is 0 Å². The van der Waals surface area contributed by atoms with Crippen LogP contribution in [0.1, 0.15) is 0 Å². The van der Waals surface area contributed by atoms with E-state index in [0.717, 1.165) is 0 Å². The van der Waals surface area contributed by atoms with E-state index in [9.17, 15) is 0 Å². The first kappa shape index (κ1) is 41.1. The van der Waals surface area contributed by atoms with Gasteiger partial charge >= 0.3 is 0 Å². The Hall–Kier alpha value is 1.81. The van der Waals surface area contributed by atoms with Crippen LogP contribution in [-0.4, -0.2) is 8.41 Å². The SMILES string of the molecule is [B].[Cr].[Fe].[Mo]. The molecule has 0 aliphatic heterocycles. The molecule has 23 valence electrons. The van der Waals surface area contributed by atoms with E-state index in [2.05, 4.69) is 0 Å². The fourth-order valence-corrected chi connectivity index (χ4v) is 0. The average Bonchev–Trinajstić information content (AvgIpc) is 0. The molecule has 0 aliphatic rings. The molecule has 0 amide bonds. The van der Waals surface area contributed by atoms with Gasteiger partial charge in [0.05, 0.1) is 0 Å². The van der Waals surface area contributed by atoms with Crippen LogP contribution >= 0.6 is 0 Å². The van der Waals surface area contributed by atoms with Crippen LogP contribution in [0.15, 0.2) is 0 Å². The summed E-state index contributed by atoms with van der Waals surface area (Å²) in [6.07, 6.45) is 0. The van der Waals surface area contributed by atoms with Crippen LogP contribution in [-0.2, 0) is 55.5 Å². The Labute approximate surface area is 63.5 Å². The van der Waals surface area contributed by atoms with E-state index in [-0.39, 0.29) is 63.9 Å². The molecule has 0 aromatic heterocycles. The predicted octanol–water partition coefficient (Wildman–Crippen LogP) is -0.388. The van der Waals surface area contributed by atoms with Crippen molar-refractivity contribution in [3.63, 3.8) is 0 Å². The van der Waals surface area contributed by atoms with Gasteiger partial charge in [0.15, 0.2) is 0 Å². The molecule has 0 saturated carbocycles. The Morgan fingerprint density at radius 1 is 1.00 bits per heavy atom. The second-order valence-corrected chi connectivity index (χ2v) is 0. The van der Waals surface area contributed by atoms with Gasteiger partial charge in [0.2, 0.25) is 0 Å². The van der Waals surface area contributed by atoms with E-state index >= 15 is 0 Å². The molecule has 0 N–H and O–H groups in total. The third kappa shape index (κ3) is 9.19. The van der Waals surface area contributed by atoms with Gasteiger partial charge in [-0.15, -0.1) is 0 Å². The van der Waals surface area contributed by atoms with Crippen molar-refractivity contribution in [3.8, 4) is 0 Å². The zero-order valence-electron chi connectivity index (χ0n) is 1.75. The van der Waals surface area contributed by atoms with Gasteiger partial charge in [0.1, 0.15) is 0 Å². The zero-order chi connectivity index (χ0) is 0. The molecule has 0 fully saturated rings. The van der Waals surface area contributed by atoms with Crippen molar-refractivity contribution in [1.82, 2.24) is 0 Å². The van der Waals surface area contributed by atoms with Crippen molar-refractivity contribution in [2.75, 3.05) is 0 Å². The predicted molar refractivity (Wildman–Crippen MR) is 5.75 cm³/mol. The van der Waals surface area contributed by atoms with Crippen LogP contribution in [0.4, 0.5) is 0 Å². The summed E-state index contributed by atoms with van der Waals surface area (Å²) in [5, 5.41) is 0. The fraction of sp³-hybridized carbons (Fsp3) is 0. The molecule has 3 radical (unpaired) electrons. The van der Waals surface area contributed by atoms with Crippen molar-refractivity contribution in [1.29, 1.82) is 0 Å². The summed E-state index contributed by atoms with van der Waals surface area (Å²) in [4.78, 5) is 0. The Kier molecular flexibility index (Phi) is 220. The molecule has 0 aromatic carbocycles. The molecule has 0 aliphatic carbocycles. The average molecular weight is 215 g/mol. The maximum absolute atomic E-state index is 0. The van der Waals surface area contributed by atoms with E-state index in [1.165, 1.54) is 0 Å². The van der Waals surface area contributed by atoms with Gasteiger partial charge in [0.25, 0.3) is 0 Å². The van der Waals surface area contributed by atoms with Crippen LogP contribution in [0, 0.1) is 0 Å². The van der Waals surface area contributed by atoms with Gasteiger partial charge in [-0.25, -0.2) is 0 Å². The van der Waals surface area contributed by atoms with Crippen LogP contribution < -0.4 is 0 Å². The topological polar surface area (TPSA) is 0 Å². The van der Waals surface area contributed by atoms with Crippen LogP contribution in [0.5, 0.6) is 0 Å². The Morgan fingerprint density at radius 3 is 1.00 bits per heavy atom. The number of hydrogen-bond donors (Lipinski definition) is 0. The normalized spacial score (nSPS) is 0. The summed E-state index contributed by atoms with van der Waals surface area (Å²) in [6.45, 7) is 0. The minimum atomic E-state index is 0. The molecule has 0 nitrogen and oxygen atoms in total. The minimum absolute atomic E-state index is 0. The quantitative estimate of drug-likeness (QED) is 0.482. The Bertz CT molecular complexity index is 8.00. The van der Waals surface area contributed by atoms with Crippen LogP contribution in [0.3, 0.4) is 0 Å².